The topological polar surface area (TPSA) is 125 Å². The van der Waals surface area contributed by atoms with Crippen LogP contribution in [-0.2, 0) is 28.9 Å². The van der Waals surface area contributed by atoms with Gasteiger partial charge in [-0.2, -0.15) is 0 Å². The molecule has 0 aromatic carbocycles. The molecule has 2 aromatic heterocycles. The van der Waals surface area contributed by atoms with Gasteiger partial charge in [-0.25, -0.2) is 4.68 Å². The van der Waals surface area contributed by atoms with Crippen molar-refractivity contribution in [3.8, 4) is 0 Å². The van der Waals surface area contributed by atoms with Crippen LogP contribution in [-0.4, -0.2) is 50.0 Å². The number of thioether (sulfide) groups is 1. The first-order valence-electron chi connectivity index (χ1n) is 9.32. The van der Waals surface area contributed by atoms with Crippen molar-refractivity contribution in [2.75, 3.05) is 11.9 Å². The molecule has 2 amide bonds. The van der Waals surface area contributed by atoms with E-state index in [0.717, 1.165) is 49.2 Å². The lowest BCUT2D eigenvalue weighted by Crippen LogP contribution is -2.25. The molecule has 4 rings (SSSR count). The standard InChI is InChI=1S/C17H22N6O3S2/c1-9(27-17-20-21-22-23(17)8-10-4-3-7-26-10)15(25)19-16-13(14(18)24)11-5-2-6-12(11)28-16/h9-10H,2-8H2,1H3,(H2,18,24)(H,19,25)/t9-,10-/m1/s1. The number of anilines is 1. The van der Waals surface area contributed by atoms with Gasteiger partial charge in [0.2, 0.25) is 11.1 Å². The number of aromatic nitrogens is 4. The molecular weight excluding hydrogens is 400 g/mol. The van der Waals surface area contributed by atoms with Crippen molar-refractivity contribution in [1.29, 1.82) is 0 Å². The van der Waals surface area contributed by atoms with E-state index in [4.69, 9.17) is 10.5 Å². The summed E-state index contributed by atoms with van der Waals surface area (Å²) in [7, 11) is 0. The van der Waals surface area contributed by atoms with Gasteiger partial charge in [-0.3, -0.25) is 9.59 Å². The van der Waals surface area contributed by atoms with Gasteiger partial charge in [0.15, 0.2) is 0 Å². The van der Waals surface area contributed by atoms with Crippen molar-refractivity contribution in [2.45, 2.75) is 62.1 Å². The average Bonchev–Trinajstić information content (AvgIpc) is 3.40. The smallest absolute Gasteiger partial charge is 0.251 e. The number of rotatable bonds is 7. The largest absolute Gasteiger partial charge is 0.376 e. The zero-order chi connectivity index (χ0) is 19.7. The number of carbonyl (C=O) groups excluding carboxylic acids is 2. The number of aryl methyl sites for hydroxylation is 1. The van der Waals surface area contributed by atoms with Gasteiger partial charge in [-0.1, -0.05) is 11.8 Å². The normalized spacial score (nSPS) is 19.5. The fraction of sp³-hybridized carbons (Fsp3) is 0.588. The van der Waals surface area contributed by atoms with E-state index in [9.17, 15) is 9.59 Å². The summed E-state index contributed by atoms with van der Waals surface area (Å²) in [5.41, 5.74) is 7.02. The van der Waals surface area contributed by atoms with Crippen molar-refractivity contribution in [3.05, 3.63) is 16.0 Å². The first kappa shape index (κ1) is 19.3. The van der Waals surface area contributed by atoms with Gasteiger partial charge in [0.25, 0.3) is 5.91 Å². The highest BCUT2D eigenvalue weighted by molar-refractivity contribution is 8.00. The Morgan fingerprint density at radius 3 is 3.04 bits per heavy atom. The van der Waals surface area contributed by atoms with Crippen LogP contribution in [0.15, 0.2) is 5.16 Å². The summed E-state index contributed by atoms with van der Waals surface area (Å²) >= 11 is 2.73. The minimum Gasteiger partial charge on any atom is -0.376 e. The Morgan fingerprint density at radius 2 is 2.29 bits per heavy atom. The van der Waals surface area contributed by atoms with Gasteiger partial charge in [-0.15, -0.1) is 16.4 Å². The Balaban J connectivity index is 1.42. The summed E-state index contributed by atoms with van der Waals surface area (Å²) in [4.78, 5) is 25.8. The Kier molecular flexibility index (Phi) is 5.65. The highest BCUT2D eigenvalue weighted by atomic mass is 32.2. The van der Waals surface area contributed by atoms with Crippen LogP contribution < -0.4 is 11.1 Å². The number of nitrogens with one attached hydrogen (secondary N) is 1. The number of ether oxygens (including phenoxy) is 1. The molecule has 0 saturated carbocycles. The molecule has 0 spiro atoms. The van der Waals surface area contributed by atoms with E-state index in [1.807, 2.05) is 0 Å². The van der Waals surface area contributed by atoms with Gasteiger partial charge in [0.05, 0.1) is 23.5 Å². The third kappa shape index (κ3) is 3.91. The lowest BCUT2D eigenvalue weighted by atomic mass is 10.1. The van der Waals surface area contributed by atoms with Crippen LogP contribution in [0.1, 0.15) is 47.0 Å². The fourth-order valence-corrected chi connectivity index (χ4v) is 5.65. The van der Waals surface area contributed by atoms with E-state index >= 15 is 0 Å². The second kappa shape index (κ2) is 8.18. The maximum atomic E-state index is 12.7. The highest BCUT2D eigenvalue weighted by Gasteiger charge is 2.28. The van der Waals surface area contributed by atoms with E-state index in [0.29, 0.717) is 22.3 Å². The monoisotopic (exact) mass is 422 g/mol. The van der Waals surface area contributed by atoms with Crippen molar-refractivity contribution >= 4 is 39.9 Å². The number of hydrogen-bond acceptors (Lipinski definition) is 8. The first-order chi connectivity index (χ1) is 13.5. The summed E-state index contributed by atoms with van der Waals surface area (Å²) in [6, 6.07) is 0. The predicted octanol–water partition coefficient (Wildman–Crippen LogP) is 1.62. The van der Waals surface area contributed by atoms with Gasteiger partial charge in [-0.05, 0) is 55.0 Å². The molecular formula is C17H22N6O3S2. The van der Waals surface area contributed by atoms with Crippen molar-refractivity contribution < 1.29 is 14.3 Å². The summed E-state index contributed by atoms with van der Waals surface area (Å²) < 4.78 is 7.31. The quantitative estimate of drug-likeness (QED) is 0.650. The SMILES string of the molecule is C[C@@H](Sc1nnnn1C[C@H]1CCCO1)C(=O)Nc1sc2c(c1C(N)=O)CCC2. The number of primary amides is 1. The number of nitrogens with zero attached hydrogens (tertiary/aromatic N) is 4. The molecule has 2 aromatic rings. The molecule has 9 nitrogen and oxygen atoms in total. The number of hydrogen-bond donors (Lipinski definition) is 2. The highest BCUT2D eigenvalue weighted by Crippen LogP contribution is 2.39. The molecule has 2 atom stereocenters. The van der Waals surface area contributed by atoms with Gasteiger partial charge in [0, 0.05) is 11.5 Å². The molecule has 11 heteroatoms. The molecule has 28 heavy (non-hydrogen) atoms. The third-order valence-electron chi connectivity index (χ3n) is 4.96. The first-order valence-corrected chi connectivity index (χ1v) is 11.0. The number of tetrazole rings is 1. The summed E-state index contributed by atoms with van der Waals surface area (Å²) in [6.07, 6.45) is 4.93. The van der Waals surface area contributed by atoms with Crippen LogP contribution in [0.25, 0.3) is 0 Å². The average molecular weight is 423 g/mol. The molecule has 3 heterocycles. The Bertz CT molecular complexity index is 890. The molecule has 1 fully saturated rings. The second-order valence-electron chi connectivity index (χ2n) is 6.95. The molecule has 0 unspecified atom stereocenters. The molecule has 1 saturated heterocycles. The summed E-state index contributed by atoms with van der Waals surface area (Å²) in [6.45, 7) is 3.13. The van der Waals surface area contributed by atoms with Crippen LogP contribution in [0, 0.1) is 0 Å². The Morgan fingerprint density at radius 1 is 1.43 bits per heavy atom. The predicted molar refractivity (Wildman–Crippen MR) is 106 cm³/mol. The van der Waals surface area contributed by atoms with E-state index in [-0.39, 0.29) is 12.0 Å². The molecule has 1 aliphatic carbocycles. The lowest BCUT2D eigenvalue weighted by Gasteiger charge is -2.13. The molecule has 3 N–H and O–H groups in total. The lowest BCUT2D eigenvalue weighted by molar-refractivity contribution is -0.115. The minimum absolute atomic E-state index is 0.110. The minimum atomic E-state index is -0.490. The summed E-state index contributed by atoms with van der Waals surface area (Å²) in [5.74, 6) is -0.699. The molecule has 150 valence electrons. The van der Waals surface area contributed by atoms with E-state index in [1.54, 1.807) is 11.6 Å². The van der Waals surface area contributed by atoms with Crippen LogP contribution in [0.3, 0.4) is 0 Å². The third-order valence-corrected chi connectivity index (χ3v) is 7.23. The molecule has 2 aliphatic rings. The van der Waals surface area contributed by atoms with E-state index < -0.39 is 11.2 Å². The zero-order valence-electron chi connectivity index (χ0n) is 15.5. The van der Waals surface area contributed by atoms with E-state index in [1.165, 1.54) is 23.1 Å². The summed E-state index contributed by atoms with van der Waals surface area (Å²) in [5, 5.41) is 15.3. The fourth-order valence-electron chi connectivity index (χ4n) is 3.55. The van der Waals surface area contributed by atoms with Crippen LogP contribution in [0.2, 0.25) is 0 Å². The molecule has 1 aliphatic heterocycles. The number of fused-ring (bicyclic) bond motifs is 1. The zero-order valence-corrected chi connectivity index (χ0v) is 17.1. The number of thiophene rings is 1. The van der Waals surface area contributed by atoms with Gasteiger partial charge < -0.3 is 15.8 Å². The number of nitrogens with two attached hydrogens (primary N) is 1. The van der Waals surface area contributed by atoms with Crippen molar-refractivity contribution in [3.63, 3.8) is 0 Å². The second-order valence-corrected chi connectivity index (χ2v) is 9.37. The van der Waals surface area contributed by atoms with Crippen LogP contribution in [0.5, 0.6) is 0 Å². The van der Waals surface area contributed by atoms with Crippen LogP contribution >= 0.6 is 23.1 Å². The maximum absolute atomic E-state index is 12.7. The van der Waals surface area contributed by atoms with Gasteiger partial charge >= 0.3 is 0 Å². The molecule has 0 radical (unpaired) electrons. The molecule has 0 bridgehead atoms. The van der Waals surface area contributed by atoms with E-state index in [2.05, 4.69) is 20.8 Å². The van der Waals surface area contributed by atoms with Crippen molar-refractivity contribution in [2.24, 2.45) is 5.73 Å². The Hall–Kier alpha value is -1.98. The van der Waals surface area contributed by atoms with Crippen molar-refractivity contribution in [1.82, 2.24) is 20.2 Å². The van der Waals surface area contributed by atoms with Crippen LogP contribution in [0.4, 0.5) is 5.00 Å². The number of amides is 2. The number of carbonyl (C=O) groups is 2. The Labute approximate surface area is 170 Å². The maximum Gasteiger partial charge on any atom is 0.251 e. The van der Waals surface area contributed by atoms with Gasteiger partial charge in [0.1, 0.15) is 5.00 Å².